The topological polar surface area (TPSA) is 81.7 Å². The maximum atomic E-state index is 12.2. The van der Waals surface area contributed by atoms with E-state index in [1.54, 1.807) is 12.1 Å². The molecule has 6 heteroatoms. The number of carbonyl (C=O) groups excluding carboxylic acids is 3. The normalized spacial score (nSPS) is 10.3. The van der Waals surface area contributed by atoms with Gasteiger partial charge in [0.2, 0.25) is 5.91 Å². The number of aryl methyl sites for hydroxylation is 2. The summed E-state index contributed by atoms with van der Waals surface area (Å²) in [5.41, 5.74) is 2.71. The van der Waals surface area contributed by atoms with Crippen LogP contribution < -0.4 is 10.1 Å². The molecule has 1 N–H and O–H groups in total. The van der Waals surface area contributed by atoms with Crippen molar-refractivity contribution in [2.75, 3.05) is 19.8 Å². The largest absolute Gasteiger partial charge is 0.494 e. The lowest BCUT2D eigenvalue weighted by molar-refractivity contribution is -0.142. The van der Waals surface area contributed by atoms with Crippen molar-refractivity contribution in [1.29, 1.82) is 0 Å². The molecule has 2 aromatic rings. The van der Waals surface area contributed by atoms with Crippen molar-refractivity contribution in [2.24, 2.45) is 0 Å². The van der Waals surface area contributed by atoms with E-state index in [1.807, 2.05) is 43.3 Å². The Morgan fingerprint density at radius 1 is 1.00 bits per heavy atom. The summed E-state index contributed by atoms with van der Waals surface area (Å²) in [6.07, 6.45) is 2.37. The van der Waals surface area contributed by atoms with Gasteiger partial charge in [0.05, 0.1) is 6.61 Å². The van der Waals surface area contributed by atoms with Crippen LogP contribution in [0.25, 0.3) is 0 Å². The van der Waals surface area contributed by atoms with Crippen LogP contribution in [-0.4, -0.2) is 37.4 Å². The molecule has 0 aliphatic rings. The number of ether oxygens (including phenoxy) is 2. The number of Topliss-reactive ketones (excluding diaryl/α,β-unsaturated/α-hetero) is 1. The maximum absolute atomic E-state index is 12.2. The molecule has 0 saturated carbocycles. The third kappa shape index (κ3) is 8.90. The molecule has 160 valence electrons. The summed E-state index contributed by atoms with van der Waals surface area (Å²) in [7, 11) is 0. The van der Waals surface area contributed by atoms with Crippen molar-refractivity contribution in [1.82, 2.24) is 5.32 Å². The number of esters is 1. The molecule has 0 aliphatic heterocycles. The van der Waals surface area contributed by atoms with E-state index in [2.05, 4.69) is 5.32 Å². The Labute approximate surface area is 177 Å². The zero-order valence-corrected chi connectivity index (χ0v) is 17.6. The third-order valence-corrected chi connectivity index (χ3v) is 4.44. The minimum absolute atomic E-state index is 0.0377. The molecule has 0 aliphatic carbocycles. The first-order valence-electron chi connectivity index (χ1n) is 10.2. The van der Waals surface area contributed by atoms with Gasteiger partial charge in [-0.15, -0.1) is 0 Å². The standard InChI is InChI=1S/C24H29NO5/c1-18-6-3-8-22(16-18)29-15-5-9-24(28)30-17-23(27)21-12-10-20(11-13-21)7-4-14-25-19(2)26/h3,6,8,10-13,16H,4-5,7,9,14-15,17H2,1-2H3,(H,25,26). The highest BCUT2D eigenvalue weighted by Gasteiger charge is 2.10. The molecule has 2 aromatic carbocycles. The lowest BCUT2D eigenvalue weighted by Crippen LogP contribution is -2.21. The summed E-state index contributed by atoms with van der Waals surface area (Å²) in [6, 6.07) is 15.0. The van der Waals surface area contributed by atoms with Crippen LogP contribution in [0.5, 0.6) is 5.75 Å². The Kier molecular flexibility index (Phi) is 9.58. The van der Waals surface area contributed by atoms with E-state index in [0.717, 1.165) is 29.7 Å². The molecule has 30 heavy (non-hydrogen) atoms. The molecule has 0 saturated heterocycles. The van der Waals surface area contributed by atoms with E-state index in [9.17, 15) is 14.4 Å². The molecule has 0 aromatic heterocycles. The van der Waals surface area contributed by atoms with E-state index in [-0.39, 0.29) is 24.7 Å². The zero-order valence-electron chi connectivity index (χ0n) is 17.6. The minimum Gasteiger partial charge on any atom is -0.494 e. The predicted molar refractivity (Wildman–Crippen MR) is 115 cm³/mol. The molecule has 0 spiro atoms. The fraction of sp³-hybridized carbons (Fsp3) is 0.375. The van der Waals surface area contributed by atoms with E-state index in [4.69, 9.17) is 9.47 Å². The molecule has 0 heterocycles. The van der Waals surface area contributed by atoms with E-state index in [1.165, 1.54) is 6.92 Å². The van der Waals surface area contributed by atoms with Crippen molar-refractivity contribution < 1.29 is 23.9 Å². The highest BCUT2D eigenvalue weighted by atomic mass is 16.5. The Hall–Kier alpha value is -3.15. The quantitative estimate of drug-likeness (QED) is 0.328. The average molecular weight is 411 g/mol. The molecule has 0 fully saturated rings. The van der Waals surface area contributed by atoms with E-state index >= 15 is 0 Å². The van der Waals surface area contributed by atoms with Gasteiger partial charge in [-0.25, -0.2) is 0 Å². The van der Waals surface area contributed by atoms with Gasteiger partial charge in [0, 0.05) is 25.5 Å². The number of amides is 1. The summed E-state index contributed by atoms with van der Waals surface area (Å²) >= 11 is 0. The second-order valence-corrected chi connectivity index (χ2v) is 7.14. The lowest BCUT2D eigenvalue weighted by Gasteiger charge is -2.08. The van der Waals surface area contributed by atoms with Crippen LogP contribution in [0, 0.1) is 6.92 Å². The zero-order chi connectivity index (χ0) is 21.8. The van der Waals surface area contributed by atoms with E-state index in [0.29, 0.717) is 25.1 Å². The van der Waals surface area contributed by atoms with Gasteiger partial charge >= 0.3 is 5.97 Å². The Morgan fingerprint density at radius 3 is 2.47 bits per heavy atom. The second kappa shape index (κ2) is 12.4. The lowest BCUT2D eigenvalue weighted by atomic mass is 10.1. The molecular formula is C24H29NO5. The van der Waals surface area contributed by atoms with Crippen LogP contribution in [0.15, 0.2) is 48.5 Å². The molecule has 0 atom stereocenters. The first-order valence-corrected chi connectivity index (χ1v) is 10.2. The number of nitrogens with one attached hydrogen (secondary N) is 1. The third-order valence-electron chi connectivity index (χ3n) is 4.44. The fourth-order valence-corrected chi connectivity index (χ4v) is 2.83. The number of carbonyl (C=O) groups is 3. The summed E-state index contributed by atoms with van der Waals surface area (Å²) < 4.78 is 10.7. The fourth-order valence-electron chi connectivity index (χ4n) is 2.83. The first kappa shape index (κ1) is 23.1. The summed E-state index contributed by atoms with van der Waals surface area (Å²) in [4.78, 5) is 34.9. The summed E-state index contributed by atoms with van der Waals surface area (Å²) in [6.45, 7) is 4.26. The Morgan fingerprint density at radius 2 is 1.77 bits per heavy atom. The van der Waals surface area contributed by atoms with Crippen molar-refractivity contribution in [3.63, 3.8) is 0 Å². The van der Waals surface area contributed by atoms with Crippen molar-refractivity contribution in [2.45, 2.75) is 39.5 Å². The number of benzene rings is 2. The monoisotopic (exact) mass is 411 g/mol. The molecule has 6 nitrogen and oxygen atoms in total. The van der Waals surface area contributed by atoms with Gasteiger partial charge < -0.3 is 14.8 Å². The number of ketones is 1. The smallest absolute Gasteiger partial charge is 0.306 e. The van der Waals surface area contributed by atoms with Crippen molar-refractivity contribution >= 4 is 17.7 Å². The first-order chi connectivity index (χ1) is 14.4. The highest BCUT2D eigenvalue weighted by molar-refractivity contribution is 5.97. The minimum atomic E-state index is -0.411. The van der Waals surface area contributed by atoms with Crippen LogP contribution in [0.3, 0.4) is 0 Å². The predicted octanol–water partition coefficient (Wildman–Crippen LogP) is 3.65. The van der Waals surface area contributed by atoms with Gasteiger partial charge in [-0.3, -0.25) is 14.4 Å². The molecule has 0 unspecified atom stereocenters. The van der Waals surface area contributed by atoms with Crippen LogP contribution in [0.4, 0.5) is 0 Å². The van der Waals surface area contributed by atoms with Crippen LogP contribution in [-0.2, 0) is 20.7 Å². The van der Waals surface area contributed by atoms with Crippen LogP contribution in [0.1, 0.15) is 47.7 Å². The highest BCUT2D eigenvalue weighted by Crippen LogP contribution is 2.13. The second-order valence-electron chi connectivity index (χ2n) is 7.14. The summed E-state index contributed by atoms with van der Waals surface area (Å²) in [5, 5.41) is 2.75. The van der Waals surface area contributed by atoms with Crippen molar-refractivity contribution in [3.05, 3.63) is 65.2 Å². The summed E-state index contributed by atoms with van der Waals surface area (Å²) in [5.74, 6) is 0.0938. The number of rotatable bonds is 12. The Balaban J connectivity index is 1.63. The number of hydrogen-bond donors (Lipinski definition) is 1. The van der Waals surface area contributed by atoms with Crippen LogP contribution >= 0.6 is 0 Å². The van der Waals surface area contributed by atoms with E-state index < -0.39 is 5.97 Å². The molecule has 0 bridgehead atoms. The Bertz CT molecular complexity index is 845. The van der Waals surface area contributed by atoms with Gasteiger partial charge in [-0.1, -0.05) is 36.4 Å². The SMILES string of the molecule is CC(=O)NCCCc1ccc(C(=O)COC(=O)CCCOc2cccc(C)c2)cc1. The molecule has 2 rings (SSSR count). The van der Waals surface area contributed by atoms with Gasteiger partial charge in [-0.2, -0.15) is 0 Å². The van der Waals surface area contributed by atoms with Gasteiger partial charge in [0.1, 0.15) is 5.75 Å². The molecule has 1 amide bonds. The molecule has 0 radical (unpaired) electrons. The average Bonchev–Trinajstić information content (AvgIpc) is 2.73. The van der Waals surface area contributed by atoms with Gasteiger partial charge in [0.15, 0.2) is 12.4 Å². The van der Waals surface area contributed by atoms with Gasteiger partial charge in [0.25, 0.3) is 0 Å². The van der Waals surface area contributed by atoms with Crippen molar-refractivity contribution in [3.8, 4) is 5.75 Å². The molecular weight excluding hydrogens is 382 g/mol. The maximum Gasteiger partial charge on any atom is 0.306 e. The van der Waals surface area contributed by atoms with Crippen LogP contribution in [0.2, 0.25) is 0 Å². The number of hydrogen-bond acceptors (Lipinski definition) is 5. The van der Waals surface area contributed by atoms with Gasteiger partial charge in [-0.05, 0) is 49.4 Å².